The Morgan fingerprint density at radius 3 is 2.81 bits per heavy atom. The van der Waals surface area contributed by atoms with Crippen molar-refractivity contribution in [3.05, 3.63) is 51.4 Å². The van der Waals surface area contributed by atoms with Gasteiger partial charge in [-0.25, -0.2) is 4.79 Å². The minimum atomic E-state index is -0.417. The van der Waals surface area contributed by atoms with Crippen LogP contribution >= 0.6 is 0 Å². The fourth-order valence-electron chi connectivity index (χ4n) is 2.62. The van der Waals surface area contributed by atoms with E-state index >= 15 is 0 Å². The van der Waals surface area contributed by atoms with Crippen LogP contribution in [0.1, 0.15) is 28.4 Å². The Morgan fingerprint density at radius 2 is 2.10 bits per heavy atom. The summed E-state index contributed by atoms with van der Waals surface area (Å²) in [5, 5.41) is 0.605. The highest BCUT2D eigenvalue weighted by Gasteiger charge is 2.19. The van der Waals surface area contributed by atoms with Gasteiger partial charge in [0.1, 0.15) is 11.2 Å². The second kappa shape index (κ2) is 4.77. The fraction of sp³-hybridized carbons (Fsp3) is 0.250. The number of hydrogen-bond donors (Lipinski definition) is 1. The maximum atomic E-state index is 12.3. The summed E-state index contributed by atoms with van der Waals surface area (Å²) >= 11 is 0. The van der Waals surface area contributed by atoms with Gasteiger partial charge in [-0.3, -0.25) is 4.79 Å². The van der Waals surface area contributed by atoms with E-state index < -0.39 is 5.97 Å². The molecule has 1 N–H and O–H groups in total. The van der Waals surface area contributed by atoms with Crippen LogP contribution in [0.5, 0.6) is 0 Å². The normalized spacial score (nSPS) is 11.2. The van der Waals surface area contributed by atoms with Crippen molar-refractivity contribution in [2.24, 2.45) is 0 Å². The molecular weight excluding hydrogens is 268 g/mol. The van der Waals surface area contributed by atoms with Gasteiger partial charge in [0.15, 0.2) is 0 Å². The second-order valence-electron chi connectivity index (χ2n) is 5.10. The first-order valence-electron chi connectivity index (χ1n) is 6.84. The highest BCUT2D eigenvalue weighted by atomic mass is 16.5. The molecule has 3 aromatic rings. The molecule has 0 aliphatic carbocycles. The third-order valence-electron chi connectivity index (χ3n) is 3.56. The summed E-state index contributed by atoms with van der Waals surface area (Å²) in [7, 11) is 0. The number of carbonyl (C=O) groups excluding carboxylic acids is 1. The van der Waals surface area contributed by atoms with E-state index in [4.69, 9.17) is 4.74 Å². The first kappa shape index (κ1) is 13.4. The van der Waals surface area contributed by atoms with Gasteiger partial charge in [-0.1, -0.05) is 11.6 Å². The number of nitrogens with zero attached hydrogens (tertiary/aromatic N) is 1. The van der Waals surface area contributed by atoms with Gasteiger partial charge in [-0.15, -0.1) is 0 Å². The monoisotopic (exact) mass is 284 g/mol. The number of carbonyl (C=O) groups is 1. The van der Waals surface area contributed by atoms with E-state index in [1.54, 1.807) is 6.92 Å². The minimum absolute atomic E-state index is 0.204. The van der Waals surface area contributed by atoms with Crippen molar-refractivity contribution in [2.75, 3.05) is 6.61 Å². The number of rotatable bonds is 2. The smallest absolute Gasteiger partial charge is 0.342 e. The predicted molar refractivity (Wildman–Crippen MR) is 81.0 cm³/mol. The van der Waals surface area contributed by atoms with Crippen LogP contribution in [-0.4, -0.2) is 22.0 Å². The molecule has 108 valence electrons. The summed E-state index contributed by atoms with van der Waals surface area (Å²) in [6.07, 6.45) is 1.84. The number of aromatic amines is 1. The van der Waals surface area contributed by atoms with Crippen molar-refractivity contribution < 1.29 is 9.53 Å². The molecule has 5 nitrogen and oxygen atoms in total. The predicted octanol–water partition coefficient (Wildman–Crippen LogP) is 2.57. The molecule has 0 unspecified atom stereocenters. The zero-order valence-corrected chi connectivity index (χ0v) is 12.2. The lowest BCUT2D eigenvalue weighted by atomic mass is 10.1. The quantitative estimate of drug-likeness (QED) is 0.736. The van der Waals surface area contributed by atoms with Crippen molar-refractivity contribution in [3.8, 4) is 0 Å². The molecule has 2 aromatic heterocycles. The van der Waals surface area contributed by atoms with Crippen LogP contribution in [0.25, 0.3) is 16.6 Å². The Hall–Kier alpha value is -2.56. The lowest BCUT2D eigenvalue weighted by Gasteiger charge is -2.05. The van der Waals surface area contributed by atoms with Crippen molar-refractivity contribution in [1.29, 1.82) is 0 Å². The summed E-state index contributed by atoms with van der Waals surface area (Å²) in [5.74, 6) is -0.417. The molecule has 0 saturated carbocycles. The zero-order valence-electron chi connectivity index (χ0n) is 12.2. The van der Waals surface area contributed by atoms with E-state index in [0.29, 0.717) is 23.2 Å². The maximum Gasteiger partial charge on any atom is 0.342 e. The molecule has 2 heterocycles. The van der Waals surface area contributed by atoms with Crippen molar-refractivity contribution >= 4 is 22.5 Å². The lowest BCUT2D eigenvalue weighted by Crippen LogP contribution is -2.12. The van der Waals surface area contributed by atoms with Gasteiger partial charge in [0.25, 0.3) is 5.56 Å². The highest BCUT2D eigenvalue weighted by molar-refractivity contribution is 5.99. The van der Waals surface area contributed by atoms with Gasteiger partial charge in [0, 0.05) is 6.20 Å². The van der Waals surface area contributed by atoms with E-state index in [0.717, 1.165) is 16.6 Å². The molecule has 21 heavy (non-hydrogen) atoms. The highest BCUT2D eigenvalue weighted by Crippen LogP contribution is 2.21. The van der Waals surface area contributed by atoms with Gasteiger partial charge >= 0.3 is 5.97 Å². The average Bonchev–Trinajstić information content (AvgIpc) is 2.75. The van der Waals surface area contributed by atoms with Crippen LogP contribution in [0.15, 0.2) is 29.2 Å². The van der Waals surface area contributed by atoms with Crippen LogP contribution < -0.4 is 5.56 Å². The van der Waals surface area contributed by atoms with Crippen molar-refractivity contribution in [2.45, 2.75) is 20.8 Å². The molecule has 0 saturated heterocycles. The average molecular weight is 284 g/mol. The Morgan fingerprint density at radius 1 is 1.33 bits per heavy atom. The molecule has 0 spiro atoms. The molecule has 0 radical (unpaired) electrons. The number of nitrogens with one attached hydrogen (secondary N) is 1. The Labute approximate surface area is 121 Å². The lowest BCUT2D eigenvalue weighted by molar-refractivity contribution is 0.0528. The number of hydrogen-bond acceptors (Lipinski definition) is 3. The summed E-state index contributed by atoms with van der Waals surface area (Å²) in [6, 6.07) is 5.68. The fourth-order valence-corrected chi connectivity index (χ4v) is 2.62. The summed E-state index contributed by atoms with van der Waals surface area (Å²) < 4.78 is 6.90. The number of ether oxygens (including phenoxy) is 1. The van der Waals surface area contributed by atoms with Gasteiger partial charge in [0.05, 0.1) is 17.5 Å². The molecule has 0 amide bonds. The molecule has 0 fully saturated rings. The maximum absolute atomic E-state index is 12.3. The number of aromatic nitrogens is 2. The minimum Gasteiger partial charge on any atom is -0.462 e. The third-order valence-corrected chi connectivity index (χ3v) is 3.56. The SMILES string of the molecule is CCOC(=O)c1c(C)cn2c1[nH]c(=O)c1cc(C)ccc12. The Bertz CT molecular complexity index is 919. The molecule has 0 aliphatic heterocycles. The van der Waals surface area contributed by atoms with E-state index in [1.807, 2.05) is 42.6 Å². The summed E-state index contributed by atoms with van der Waals surface area (Å²) in [6.45, 7) is 5.82. The largest absolute Gasteiger partial charge is 0.462 e. The van der Waals surface area contributed by atoms with Crippen LogP contribution in [0, 0.1) is 13.8 Å². The first-order valence-corrected chi connectivity index (χ1v) is 6.84. The molecule has 5 heteroatoms. The van der Waals surface area contributed by atoms with E-state index in [1.165, 1.54) is 0 Å². The van der Waals surface area contributed by atoms with Gasteiger partial charge in [0.2, 0.25) is 0 Å². The number of aryl methyl sites for hydroxylation is 2. The van der Waals surface area contributed by atoms with Gasteiger partial charge in [-0.05, 0) is 38.5 Å². The van der Waals surface area contributed by atoms with Gasteiger partial charge < -0.3 is 14.1 Å². The summed E-state index contributed by atoms with van der Waals surface area (Å²) in [5.41, 5.74) is 3.26. The number of benzene rings is 1. The standard InChI is InChI=1S/C16H16N2O3/c1-4-21-16(20)13-10(3)8-18-12-6-5-9(2)7-11(12)15(19)17-14(13)18/h5-8H,4H2,1-3H3,(H,17,19). The van der Waals surface area contributed by atoms with Gasteiger partial charge in [-0.2, -0.15) is 0 Å². The molecule has 1 aromatic carbocycles. The van der Waals surface area contributed by atoms with Crippen molar-refractivity contribution in [3.63, 3.8) is 0 Å². The summed E-state index contributed by atoms with van der Waals surface area (Å²) in [4.78, 5) is 27.1. The van der Waals surface area contributed by atoms with Crippen LogP contribution in [0.3, 0.4) is 0 Å². The van der Waals surface area contributed by atoms with Crippen LogP contribution in [-0.2, 0) is 4.74 Å². The van der Waals surface area contributed by atoms with Crippen LogP contribution in [0.2, 0.25) is 0 Å². The molecule has 0 aliphatic rings. The number of H-pyrrole nitrogens is 1. The zero-order chi connectivity index (χ0) is 15.1. The molecule has 0 bridgehead atoms. The van der Waals surface area contributed by atoms with Crippen LogP contribution in [0.4, 0.5) is 0 Å². The van der Waals surface area contributed by atoms with E-state index in [-0.39, 0.29) is 5.56 Å². The second-order valence-corrected chi connectivity index (χ2v) is 5.10. The van der Waals surface area contributed by atoms with E-state index in [2.05, 4.69) is 4.98 Å². The Kier molecular flexibility index (Phi) is 3.05. The first-order chi connectivity index (χ1) is 10.0. The van der Waals surface area contributed by atoms with E-state index in [9.17, 15) is 9.59 Å². The number of esters is 1. The topological polar surface area (TPSA) is 63.6 Å². The Balaban J connectivity index is 2.42. The molecular formula is C16H16N2O3. The number of fused-ring (bicyclic) bond motifs is 3. The third kappa shape index (κ3) is 2.01. The molecule has 0 atom stereocenters. The van der Waals surface area contributed by atoms with Crippen molar-refractivity contribution in [1.82, 2.24) is 9.38 Å². The molecule has 3 rings (SSSR count).